The summed E-state index contributed by atoms with van der Waals surface area (Å²) >= 11 is 0. The van der Waals surface area contributed by atoms with Gasteiger partial charge in [-0.1, -0.05) is 25.5 Å². The van der Waals surface area contributed by atoms with Crippen molar-refractivity contribution in [3.8, 4) is 6.19 Å². The number of halogens is 8. The average Bonchev–Trinajstić information content (AvgIpc) is 3.36. The molecule has 3 atom stereocenters. The summed E-state index contributed by atoms with van der Waals surface area (Å²) in [6.45, 7) is -0.0804. The van der Waals surface area contributed by atoms with Gasteiger partial charge in [0.05, 0.1) is 18.3 Å². The molecule has 1 aliphatic heterocycles. The van der Waals surface area contributed by atoms with Gasteiger partial charge in [0.25, 0.3) is 5.91 Å². The maximum atomic E-state index is 15.5. The van der Waals surface area contributed by atoms with E-state index in [1.54, 1.807) is 6.19 Å². The summed E-state index contributed by atoms with van der Waals surface area (Å²) in [6, 6.07) is -1.63. The number of rotatable bonds is 8. The van der Waals surface area contributed by atoms with Crippen LogP contribution in [0.2, 0.25) is 0 Å². The van der Waals surface area contributed by atoms with Gasteiger partial charge < -0.3 is 10.1 Å². The molecular weight excluding hydrogens is 614 g/mol. The third kappa shape index (κ3) is 7.29. The fourth-order valence-electron chi connectivity index (χ4n) is 5.20. The quantitative estimate of drug-likeness (QED) is 0.272. The van der Waals surface area contributed by atoms with Gasteiger partial charge in [-0.05, 0) is 37.1 Å². The topological polar surface area (TPSA) is 98.6 Å². The number of amides is 2. The van der Waals surface area contributed by atoms with Gasteiger partial charge in [0.2, 0.25) is 11.8 Å². The first-order valence-electron chi connectivity index (χ1n) is 13.0. The second-order valence-corrected chi connectivity index (χ2v) is 12.9. The minimum absolute atomic E-state index is 0.0597. The third-order valence-electron chi connectivity index (χ3n) is 7.44. The van der Waals surface area contributed by atoms with E-state index in [0.717, 1.165) is 11.1 Å². The van der Waals surface area contributed by atoms with Crippen molar-refractivity contribution in [2.24, 2.45) is 0 Å². The number of carbonyl (C=O) groups excluding carboxylic acids is 2. The number of carbonyl (C=O) groups is 2. The zero-order valence-electron chi connectivity index (χ0n) is 22.5. The Morgan fingerprint density at radius 1 is 1.19 bits per heavy atom. The number of benzene rings is 1. The Morgan fingerprint density at radius 3 is 2.40 bits per heavy atom. The molecule has 0 radical (unpaired) electrons. The van der Waals surface area contributed by atoms with Crippen molar-refractivity contribution in [1.29, 1.82) is 5.26 Å². The number of nitrogens with one attached hydrogen (secondary N) is 1. The van der Waals surface area contributed by atoms with Crippen LogP contribution in [0.1, 0.15) is 43.7 Å². The molecule has 1 aromatic carbocycles. The largest absolute Gasteiger partial charge is 0.379 e. The molecule has 2 fully saturated rings. The fourth-order valence-corrected chi connectivity index (χ4v) is 5.85. The number of ether oxygens (including phenoxy) is 1. The van der Waals surface area contributed by atoms with Crippen LogP contribution in [0.4, 0.5) is 38.3 Å². The first-order valence-corrected chi connectivity index (χ1v) is 14.9. The van der Waals surface area contributed by atoms with E-state index in [1.165, 1.54) is 25.4 Å². The Morgan fingerprint density at radius 2 is 1.86 bits per heavy atom. The van der Waals surface area contributed by atoms with Crippen LogP contribution in [-0.4, -0.2) is 59.5 Å². The van der Waals surface area contributed by atoms with Crippen molar-refractivity contribution in [3.05, 3.63) is 54.1 Å². The predicted molar refractivity (Wildman–Crippen MR) is 139 cm³/mol. The SMILES string of the molecule is COC1CC(C(=O)N(c2ccc(S(F)(F)(F)(F)F)cc2F)C(C(=O)NC2CCC(F)(F)CC2)c2cccnc2)N(C#N)C1. The molecule has 2 aromatic rings. The normalized spacial score (nSPS) is 23.0. The number of likely N-dealkylation sites (tertiary alicyclic amines) is 1. The first-order chi connectivity index (χ1) is 19.8. The lowest BCUT2D eigenvalue weighted by molar-refractivity contribution is -0.129. The molecule has 8 nitrogen and oxygen atoms in total. The summed E-state index contributed by atoms with van der Waals surface area (Å²) in [6.07, 6.45) is 2.05. The Balaban J connectivity index is 1.84. The van der Waals surface area contributed by atoms with Crippen molar-refractivity contribution >= 4 is 27.7 Å². The van der Waals surface area contributed by atoms with Gasteiger partial charge in [0.1, 0.15) is 22.8 Å². The minimum atomic E-state index is -10.3. The van der Waals surface area contributed by atoms with E-state index in [2.05, 4.69) is 10.3 Å². The highest BCUT2D eigenvalue weighted by Gasteiger charge is 2.65. The second-order valence-electron chi connectivity index (χ2n) is 10.5. The summed E-state index contributed by atoms with van der Waals surface area (Å²) < 4.78 is 116. The average molecular weight is 642 g/mol. The fraction of sp³-hybridized carbons (Fsp3) is 0.462. The molecule has 1 saturated carbocycles. The van der Waals surface area contributed by atoms with Crippen LogP contribution in [0.3, 0.4) is 0 Å². The zero-order chi connectivity index (χ0) is 31.9. The number of aromatic nitrogens is 1. The number of alkyl halides is 2. The monoisotopic (exact) mass is 641 g/mol. The van der Waals surface area contributed by atoms with Crippen LogP contribution < -0.4 is 10.2 Å². The summed E-state index contributed by atoms with van der Waals surface area (Å²) in [7, 11) is -9.04. The van der Waals surface area contributed by atoms with Crippen molar-refractivity contribution in [2.45, 2.75) is 67.2 Å². The maximum absolute atomic E-state index is 15.5. The molecule has 2 heterocycles. The molecule has 17 heteroatoms. The number of nitrogens with zero attached hydrogens (tertiary/aromatic N) is 4. The van der Waals surface area contributed by atoms with Gasteiger partial charge in [-0.15, -0.1) is 0 Å². The Kier molecular flexibility index (Phi) is 8.11. The molecular formula is C26H27F8N5O3S. The van der Waals surface area contributed by atoms with E-state index in [9.17, 15) is 43.1 Å². The van der Waals surface area contributed by atoms with E-state index < -0.39 is 87.5 Å². The van der Waals surface area contributed by atoms with E-state index in [0.29, 0.717) is 11.0 Å². The summed E-state index contributed by atoms with van der Waals surface area (Å²) in [5.74, 6) is -6.99. The summed E-state index contributed by atoms with van der Waals surface area (Å²) in [5.41, 5.74) is -1.02. The van der Waals surface area contributed by atoms with E-state index in [1.807, 2.05) is 0 Å². The standard InChI is InChI=1S/C26H27F8N5O3S/c1-42-18-11-22(38(14-18)15-35)25(41)39(21-5-4-19(12-20(21)27)43(30,31,32,33)34)23(16-3-2-10-36-13-16)24(40)37-17-6-8-26(28,29)9-7-17/h2-5,10,12-13,17-18,22-23H,6-9,11,14H2,1H3,(H,37,40). The summed E-state index contributed by atoms with van der Waals surface area (Å²) in [4.78, 5) is 30.7. The molecule has 1 saturated heterocycles. The van der Waals surface area contributed by atoms with Crippen molar-refractivity contribution < 1.29 is 46.9 Å². The summed E-state index contributed by atoms with van der Waals surface area (Å²) in [5, 5.41) is 12.2. The number of anilines is 1. The van der Waals surface area contributed by atoms with Crippen molar-refractivity contribution in [3.63, 3.8) is 0 Å². The van der Waals surface area contributed by atoms with E-state index in [-0.39, 0.29) is 37.4 Å². The van der Waals surface area contributed by atoms with Gasteiger partial charge in [-0.25, -0.2) is 13.2 Å². The van der Waals surface area contributed by atoms with Gasteiger partial charge >= 0.3 is 10.2 Å². The lowest BCUT2D eigenvalue weighted by atomic mass is 9.91. The van der Waals surface area contributed by atoms with Crippen LogP contribution in [-0.2, 0) is 14.3 Å². The molecule has 2 amide bonds. The molecule has 4 rings (SSSR count). The lowest BCUT2D eigenvalue weighted by Gasteiger charge is -2.41. The number of pyridine rings is 1. The second kappa shape index (κ2) is 10.8. The van der Waals surface area contributed by atoms with Crippen molar-refractivity contribution in [1.82, 2.24) is 15.2 Å². The third-order valence-corrected chi connectivity index (χ3v) is 8.59. The first kappa shape index (κ1) is 32.3. The number of methoxy groups -OCH3 is 1. The molecule has 236 valence electrons. The molecule has 0 spiro atoms. The van der Waals surface area contributed by atoms with Crippen LogP contribution in [0, 0.1) is 17.3 Å². The number of hydrogen-bond acceptors (Lipinski definition) is 6. The molecule has 0 bridgehead atoms. The molecule has 3 unspecified atom stereocenters. The Labute approximate surface area is 241 Å². The molecule has 1 aromatic heterocycles. The lowest BCUT2D eigenvalue weighted by Crippen LogP contribution is -2.52. The smallest absolute Gasteiger partial charge is 0.310 e. The van der Waals surface area contributed by atoms with Gasteiger partial charge in [0, 0.05) is 50.4 Å². The number of hydrogen-bond donors (Lipinski definition) is 1. The molecule has 1 N–H and O–H groups in total. The zero-order valence-corrected chi connectivity index (χ0v) is 23.4. The molecule has 2 aliphatic rings. The van der Waals surface area contributed by atoms with Gasteiger partial charge in [-0.3, -0.25) is 24.4 Å². The highest BCUT2D eigenvalue weighted by Crippen LogP contribution is 3.02. The Hall–Kier alpha value is -3.65. The highest BCUT2D eigenvalue weighted by molar-refractivity contribution is 8.45. The van der Waals surface area contributed by atoms with Crippen molar-refractivity contribution in [2.75, 3.05) is 18.6 Å². The number of nitriles is 1. The molecule has 1 aliphatic carbocycles. The van der Waals surface area contributed by atoms with Crippen LogP contribution in [0.25, 0.3) is 0 Å². The van der Waals surface area contributed by atoms with E-state index >= 15 is 4.39 Å². The Bertz CT molecular complexity index is 1420. The molecule has 43 heavy (non-hydrogen) atoms. The highest BCUT2D eigenvalue weighted by atomic mass is 32.5. The van der Waals surface area contributed by atoms with Crippen LogP contribution in [0.15, 0.2) is 47.6 Å². The van der Waals surface area contributed by atoms with Gasteiger partial charge in [-0.2, -0.15) is 5.26 Å². The van der Waals surface area contributed by atoms with Gasteiger partial charge in [0.15, 0.2) is 6.19 Å². The maximum Gasteiger partial charge on any atom is 0.310 e. The predicted octanol–water partition coefficient (Wildman–Crippen LogP) is 6.22. The van der Waals surface area contributed by atoms with Crippen LogP contribution in [0.5, 0.6) is 0 Å². The van der Waals surface area contributed by atoms with Crippen LogP contribution >= 0.6 is 10.2 Å². The van der Waals surface area contributed by atoms with E-state index in [4.69, 9.17) is 4.74 Å². The minimum Gasteiger partial charge on any atom is -0.379 e.